The predicted molar refractivity (Wildman–Crippen MR) is 115 cm³/mol. The second kappa shape index (κ2) is 11.3. The van der Waals surface area contributed by atoms with Crippen molar-refractivity contribution in [3.63, 3.8) is 0 Å². The second-order valence-electron chi connectivity index (χ2n) is 8.29. The van der Waals surface area contributed by atoms with Crippen molar-refractivity contribution in [2.24, 2.45) is 11.8 Å². The Morgan fingerprint density at radius 2 is 1.84 bits per heavy atom. The van der Waals surface area contributed by atoms with E-state index in [0.29, 0.717) is 12.3 Å². The Balaban J connectivity index is 2.32. The third-order valence-corrected chi connectivity index (χ3v) is 4.75. The Kier molecular flexibility index (Phi) is 8.84. The van der Waals surface area contributed by atoms with Crippen molar-refractivity contribution in [1.29, 1.82) is 0 Å². The summed E-state index contributed by atoms with van der Waals surface area (Å²) in [6.45, 7) is 8.28. The van der Waals surface area contributed by atoms with E-state index in [-0.39, 0.29) is 42.9 Å². The highest BCUT2D eigenvalue weighted by molar-refractivity contribution is 6.01. The molecule has 1 aliphatic rings. The molecule has 0 saturated carbocycles. The number of hydrogen-bond donors (Lipinski definition) is 4. The van der Waals surface area contributed by atoms with Crippen LogP contribution in [0.1, 0.15) is 44.5 Å². The van der Waals surface area contributed by atoms with Gasteiger partial charge >= 0.3 is 0 Å². The second-order valence-corrected chi connectivity index (χ2v) is 8.29. The zero-order chi connectivity index (χ0) is 23.0. The molecule has 2 atom stereocenters. The Bertz CT molecular complexity index is 809. The van der Waals surface area contributed by atoms with Gasteiger partial charge in [0.2, 0.25) is 17.7 Å². The highest BCUT2D eigenvalue weighted by atomic mass is 16.5. The molecule has 0 saturated heterocycles. The fourth-order valence-corrected chi connectivity index (χ4v) is 3.05. The van der Waals surface area contributed by atoms with E-state index in [4.69, 9.17) is 4.74 Å². The third-order valence-electron chi connectivity index (χ3n) is 4.75. The maximum absolute atomic E-state index is 12.9. The molecule has 2 rings (SSSR count). The molecule has 0 fully saturated rings. The van der Waals surface area contributed by atoms with Gasteiger partial charge in [0.25, 0.3) is 5.91 Å². The van der Waals surface area contributed by atoms with Gasteiger partial charge in [-0.15, -0.1) is 0 Å². The van der Waals surface area contributed by atoms with Crippen LogP contribution in [0.5, 0.6) is 5.75 Å². The molecule has 9 nitrogen and oxygen atoms in total. The number of carbonyl (C=O) groups is 4. The zero-order valence-electron chi connectivity index (χ0n) is 18.5. The topological polar surface area (TPSA) is 126 Å². The fraction of sp³-hybridized carbons (Fsp3) is 0.545. The molecule has 9 heteroatoms. The van der Waals surface area contributed by atoms with Crippen LogP contribution >= 0.6 is 0 Å². The number of para-hydroxylation sites is 1. The van der Waals surface area contributed by atoms with Crippen LogP contribution in [0, 0.1) is 11.8 Å². The summed E-state index contributed by atoms with van der Waals surface area (Å²) in [5.41, 5.74) is 0.244. The average molecular weight is 433 g/mol. The molecule has 31 heavy (non-hydrogen) atoms. The van der Waals surface area contributed by atoms with Gasteiger partial charge in [-0.2, -0.15) is 0 Å². The molecule has 0 aliphatic carbocycles. The normalized spacial score (nSPS) is 20.6. The lowest BCUT2D eigenvalue weighted by atomic mass is 10.0. The van der Waals surface area contributed by atoms with Gasteiger partial charge in [-0.1, -0.05) is 39.8 Å². The summed E-state index contributed by atoms with van der Waals surface area (Å²) < 4.78 is 5.68. The molecule has 1 aromatic carbocycles. The van der Waals surface area contributed by atoms with E-state index in [1.807, 2.05) is 27.7 Å². The minimum absolute atomic E-state index is 0.146. The van der Waals surface area contributed by atoms with Crippen LogP contribution in [0.4, 0.5) is 0 Å². The number of hydrogen-bond acceptors (Lipinski definition) is 5. The van der Waals surface area contributed by atoms with Gasteiger partial charge < -0.3 is 26.0 Å². The van der Waals surface area contributed by atoms with Crippen LogP contribution in [0.3, 0.4) is 0 Å². The fourth-order valence-electron chi connectivity index (χ4n) is 3.05. The number of fused-ring (bicyclic) bond motifs is 1. The third kappa shape index (κ3) is 7.27. The van der Waals surface area contributed by atoms with E-state index in [9.17, 15) is 19.2 Å². The lowest BCUT2D eigenvalue weighted by molar-refractivity contribution is -0.132. The molecule has 1 aliphatic heterocycles. The molecule has 0 unspecified atom stereocenters. The molecule has 0 spiro atoms. The van der Waals surface area contributed by atoms with Gasteiger partial charge in [0.15, 0.2) is 0 Å². The molecule has 0 aromatic heterocycles. The summed E-state index contributed by atoms with van der Waals surface area (Å²) in [6, 6.07) is 4.76. The molecule has 0 radical (unpaired) electrons. The van der Waals surface area contributed by atoms with Crippen LogP contribution in [-0.4, -0.2) is 55.4 Å². The summed E-state index contributed by atoms with van der Waals surface area (Å²) >= 11 is 0. The van der Waals surface area contributed by atoms with E-state index in [0.717, 1.165) is 0 Å². The monoisotopic (exact) mass is 432 g/mol. The van der Waals surface area contributed by atoms with Gasteiger partial charge in [0.05, 0.1) is 18.5 Å². The quantitative estimate of drug-likeness (QED) is 0.554. The van der Waals surface area contributed by atoms with Crippen molar-refractivity contribution < 1.29 is 23.9 Å². The first-order chi connectivity index (χ1) is 14.7. The summed E-state index contributed by atoms with van der Waals surface area (Å²) in [4.78, 5) is 50.8. The number of carbonyl (C=O) groups excluding carboxylic acids is 4. The van der Waals surface area contributed by atoms with E-state index >= 15 is 0 Å². The SMILES string of the molecule is CC(C)CNC(=O)[C@@H]1CC(=O)N[C@@H](C(C)C)C(=O)NCCOc2ccccc2C(=O)N1. The number of ether oxygens (including phenoxy) is 1. The molecule has 4 amide bonds. The van der Waals surface area contributed by atoms with Crippen LogP contribution in [0.25, 0.3) is 0 Å². The molecule has 1 heterocycles. The van der Waals surface area contributed by atoms with Crippen LogP contribution < -0.4 is 26.0 Å². The summed E-state index contributed by atoms with van der Waals surface area (Å²) in [7, 11) is 0. The van der Waals surface area contributed by atoms with Crippen LogP contribution in [-0.2, 0) is 14.4 Å². The highest BCUT2D eigenvalue weighted by Crippen LogP contribution is 2.18. The van der Waals surface area contributed by atoms with Gasteiger partial charge in [0.1, 0.15) is 24.4 Å². The van der Waals surface area contributed by atoms with Crippen molar-refractivity contribution in [2.45, 2.75) is 46.2 Å². The Morgan fingerprint density at radius 1 is 1.13 bits per heavy atom. The van der Waals surface area contributed by atoms with Crippen molar-refractivity contribution in [2.75, 3.05) is 19.7 Å². The lowest BCUT2D eigenvalue weighted by Gasteiger charge is -2.25. The summed E-state index contributed by atoms with van der Waals surface area (Å²) in [6.07, 6.45) is -0.296. The first-order valence-electron chi connectivity index (χ1n) is 10.6. The van der Waals surface area contributed by atoms with Crippen LogP contribution in [0.15, 0.2) is 24.3 Å². The maximum atomic E-state index is 12.9. The Hall–Kier alpha value is -3.10. The standard InChI is InChI=1S/C22H32N4O5/c1-13(2)12-24-21(29)16-11-18(27)26-19(14(3)4)22(30)23-9-10-31-17-8-6-5-7-15(17)20(28)25-16/h5-8,13-14,16,19H,9-12H2,1-4H3,(H,23,30)(H,24,29)(H,25,28)(H,26,27)/t16-,19-/m0/s1. The molecular formula is C22H32N4O5. The Morgan fingerprint density at radius 3 is 2.52 bits per heavy atom. The maximum Gasteiger partial charge on any atom is 0.255 e. The van der Waals surface area contributed by atoms with Crippen molar-refractivity contribution in [1.82, 2.24) is 21.3 Å². The van der Waals surface area contributed by atoms with E-state index in [1.54, 1.807) is 24.3 Å². The smallest absolute Gasteiger partial charge is 0.255 e. The summed E-state index contributed by atoms with van der Waals surface area (Å²) in [5, 5.41) is 10.8. The molecular weight excluding hydrogens is 400 g/mol. The van der Waals surface area contributed by atoms with Crippen LogP contribution in [0.2, 0.25) is 0 Å². The molecule has 1 aromatic rings. The molecule has 4 N–H and O–H groups in total. The van der Waals surface area contributed by atoms with E-state index in [1.165, 1.54) is 0 Å². The number of rotatable bonds is 4. The number of amides is 4. The van der Waals surface area contributed by atoms with Crippen molar-refractivity contribution in [3.05, 3.63) is 29.8 Å². The highest BCUT2D eigenvalue weighted by Gasteiger charge is 2.29. The average Bonchev–Trinajstić information content (AvgIpc) is 2.72. The van der Waals surface area contributed by atoms with Crippen molar-refractivity contribution >= 4 is 23.6 Å². The minimum Gasteiger partial charge on any atom is -0.491 e. The number of nitrogens with one attached hydrogen (secondary N) is 4. The van der Waals surface area contributed by atoms with Crippen molar-refractivity contribution in [3.8, 4) is 5.75 Å². The zero-order valence-corrected chi connectivity index (χ0v) is 18.5. The summed E-state index contributed by atoms with van der Waals surface area (Å²) in [5.74, 6) is -1.45. The Labute approximate surface area is 182 Å². The van der Waals surface area contributed by atoms with E-state index in [2.05, 4.69) is 21.3 Å². The molecule has 0 bridgehead atoms. The molecule has 170 valence electrons. The first kappa shape index (κ1) is 24.2. The predicted octanol–water partition coefficient (Wildman–Crippen LogP) is 0.597. The van der Waals surface area contributed by atoms with Gasteiger partial charge in [-0.25, -0.2) is 0 Å². The van der Waals surface area contributed by atoms with Gasteiger partial charge in [-0.3, -0.25) is 19.2 Å². The first-order valence-corrected chi connectivity index (χ1v) is 10.6. The van der Waals surface area contributed by atoms with Gasteiger partial charge in [-0.05, 0) is 24.0 Å². The largest absolute Gasteiger partial charge is 0.491 e. The minimum atomic E-state index is -1.10. The van der Waals surface area contributed by atoms with Gasteiger partial charge in [0, 0.05) is 6.54 Å². The lowest BCUT2D eigenvalue weighted by Crippen LogP contribution is -2.54. The van der Waals surface area contributed by atoms with E-state index < -0.39 is 29.8 Å². The number of benzene rings is 1.